The van der Waals surface area contributed by atoms with Gasteiger partial charge in [-0.05, 0) is 17.9 Å². The third-order valence-electron chi connectivity index (χ3n) is 3.71. The summed E-state index contributed by atoms with van der Waals surface area (Å²) >= 11 is 1.53. The maximum absolute atomic E-state index is 12.1. The zero-order valence-electron chi connectivity index (χ0n) is 11.9. The van der Waals surface area contributed by atoms with E-state index in [1.165, 1.54) is 11.3 Å². The van der Waals surface area contributed by atoms with Gasteiger partial charge in [0.25, 0.3) is 0 Å². The lowest BCUT2D eigenvalue weighted by molar-refractivity contribution is -0.130. The van der Waals surface area contributed by atoms with E-state index in [0.29, 0.717) is 37.6 Å². The van der Waals surface area contributed by atoms with Crippen LogP contribution in [0.1, 0.15) is 18.7 Å². The Balaban J connectivity index is 1.52. The van der Waals surface area contributed by atoms with Crippen LogP contribution in [0.2, 0.25) is 0 Å². The number of amides is 2. The molecule has 1 atom stereocenters. The number of carbonyl (C=O) groups is 2. The minimum absolute atomic E-state index is 0.0142. The first-order valence-electron chi connectivity index (χ1n) is 7.07. The number of hydrogen-bond acceptors (Lipinski definition) is 6. The topological polar surface area (TPSA) is 102 Å². The number of hydrogen-bond donors (Lipinski definition) is 1. The Morgan fingerprint density at radius 1 is 1.50 bits per heavy atom. The first-order chi connectivity index (χ1) is 10.6. The Labute approximate surface area is 131 Å². The van der Waals surface area contributed by atoms with Crippen molar-refractivity contribution in [1.82, 2.24) is 15.0 Å². The Kier molecular flexibility index (Phi) is 4.19. The average molecular weight is 320 g/mol. The van der Waals surface area contributed by atoms with Gasteiger partial charge in [0.15, 0.2) is 0 Å². The molecule has 2 amide bonds. The van der Waals surface area contributed by atoms with Crippen LogP contribution in [0.5, 0.6) is 0 Å². The molecule has 22 heavy (non-hydrogen) atoms. The Morgan fingerprint density at radius 3 is 3.05 bits per heavy atom. The Bertz CT molecular complexity index is 667. The van der Waals surface area contributed by atoms with E-state index >= 15 is 0 Å². The first-order valence-corrected chi connectivity index (χ1v) is 7.95. The van der Waals surface area contributed by atoms with Gasteiger partial charge in [0.1, 0.15) is 0 Å². The molecule has 116 valence electrons. The van der Waals surface area contributed by atoms with Crippen molar-refractivity contribution in [1.29, 1.82) is 0 Å². The molecule has 0 bridgehead atoms. The van der Waals surface area contributed by atoms with Gasteiger partial charge in [0.2, 0.25) is 23.5 Å². The van der Waals surface area contributed by atoms with Crippen LogP contribution in [-0.4, -0.2) is 39.9 Å². The normalized spacial score (nSPS) is 17.8. The molecule has 0 spiro atoms. The minimum Gasteiger partial charge on any atom is -0.369 e. The van der Waals surface area contributed by atoms with Crippen molar-refractivity contribution in [2.24, 2.45) is 11.7 Å². The highest BCUT2D eigenvalue weighted by Gasteiger charge is 2.29. The van der Waals surface area contributed by atoms with E-state index in [2.05, 4.69) is 10.1 Å². The van der Waals surface area contributed by atoms with Crippen LogP contribution >= 0.6 is 11.3 Å². The molecule has 1 saturated heterocycles. The molecule has 0 saturated carbocycles. The van der Waals surface area contributed by atoms with Crippen molar-refractivity contribution >= 4 is 23.2 Å². The number of likely N-dealkylation sites (tertiary alicyclic amines) is 1. The maximum Gasteiger partial charge on any atom is 0.227 e. The van der Waals surface area contributed by atoms with Crippen molar-refractivity contribution in [3.63, 3.8) is 0 Å². The summed E-state index contributed by atoms with van der Waals surface area (Å²) in [4.78, 5) is 30.1. The molecule has 3 rings (SSSR count). The second-order valence-corrected chi connectivity index (χ2v) is 6.16. The lowest BCUT2D eigenvalue weighted by Gasteiger charge is -2.15. The third kappa shape index (κ3) is 3.16. The molecule has 7 nitrogen and oxygen atoms in total. The van der Waals surface area contributed by atoms with Gasteiger partial charge in [-0.3, -0.25) is 9.59 Å². The first kappa shape index (κ1) is 14.7. The van der Waals surface area contributed by atoms with Crippen LogP contribution in [0.15, 0.2) is 22.0 Å². The van der Waals surface area contributed by atoms with Gasteiger partial charge >= 0.3 is 0 Å². The SMILES string of the molecule is NC(=O)[C@@H]1CCN(C(=O)CCc2nc(-c3cccs3)no2)C1. The van der Waals surface area contributed by atoms with E-state index in [-0.39, 0.29) is 24.2 Å². The van der Waals surface area contributed by atoms with E-state index in [9.17, 15) is 9.59 Å². The smallest absolute Gasteiger partial charge is 0.227 e. The van der Waals surface area contributed by atoms with E-state index in [0.717, 1.165) is 4.88 Å². The van der Waals surface area contributed by atoms with E-state index in [1.807, 2.05) is 17.5 Å². The molecule has 1 aliphatic heterocycles. The number of aromatic nitrogens is 2. The number of primary amides is 1. The van der Waals surface area contributed by atoms with Crippen LogP contribution in [0.25, 0.3) is 10.7 Å². The summed E-state index contributed by atoms with van der Waals surface area (Å²) in [6.45, 7) is 0.995. The monoisotopic (exact) mass is 320 g/mol. The molecule has 0 aromatic carbocycles. The van der Waals surface area contributed by atoms with Gasteiger partial charge in [-0.2, -0.15) is 4.98 Å². The second kappa shape index (κ2) is 6.27. The van der Waals surface area contributed by atoms with Gasteiger partial charge in [0.05, 0.1) is 10.8 Å². The molecular formula is C14H16N4O3S. The average Bonchev–Trinajstić information content (AvgIpc) is 3.23. The molecule has 0 aliphatic carbocycles. The van der Waals surface area contributed by atoms with Crippen molar-refractivity contribution in [3.05, 3.63) is 23.4 Å². The lowest BCUT2D eigenvalue weighted by Crippen LogP contribution is -2.31. The van der Waals surface area contributed by atoms with Crippen molar-refractivity contribution in [2.75, 3.05) is 13.1 Å². The molecule has 8 heteroatoms. The van der Waals surface area contributed by atoms with Crippen LogP contribution in [0, 0.1) is 5.92 Å². The van der Waals surface area contributed by atoms with E-state index in [4.69, 9.17) is 10.3 Å². The molecular weight excluding hydrogens is 304 g/mol. The highest BCUT2D eigenvalue weighted by Crippen LogP contribution is 2.22. The molecule has 0 radical (unpaired) electrons. The molecule has 2 aromatic rings. The van der Waals surface area contributed by atoms with Crippen LogP contribution < -0.4 is 5.73 Å². The summed E-state index contributed by atoms with van der Waals surface area (Å²) in [5.41, 5.74) is 5.27. The Hall–Kier alpha value is -2.22. The molecule has 2 aromatic heterocycles. The van der Waals surface area contributed by atoms with Gasteiger partial charge in [-0.1, -0.05) is 11.2 Å². The summed E-state index contributed by atoms with van der Waals surface area (Å²) in [6.07, 6.45) is 1.33. The van der Waals surface area contributed by atoms with Crippen LogP contribution in [0.3, 0.4) is 0 Å². The van der Waals surface area contributed by atoms with E-state index in [1.54, 1.807) is 4.90 Å². The number of nitrogens with zero attached hydrogens (tertiary/aromatic N) is 3. The lowest BCUT2D eigenvalue weighted by atomic mass is 10.1. The molecule has 0 unspecified atom stereocenters. The van der Waals surface area contributed by atoms with Crippen LogP contribution in [-0.2, 0) is 16.0 Å². The maximum atomic E-state index is 12.1. The van der Waals surface area contributed by atoms with Crippen molar-refractivity contribution in [3.8, 4) is 10.7 Å². The number of aryl methyl sites for hydroxylation is 1. The molecule has 1 aliphatic rings. The summed E-state index contributed by atoms with van der Waals surface area (Å²) in [6, 6.07) is 3.83. The van der Waals surface area contributed by atoms with Crippen molar-refractivity contribution < 1.29 is 14.1 Å². The van der Waals surface area contributed by atoms with Gasteiger partial charge in [-0.15, -0.1) is 11.3 Å². The largest absolute Gasteiger partial charge is 0.369 e. The Morgan fingerprint density at radius 2 is 2.36 bits per heavy atom. The quantitative estimate of drug-likeness (QED) is 0.887. The number of thiophene rings is 1. The summed E-state index contributed by atoms with van der Waals surface area (Å²) in [5, 5.41) is 5.85. The van der Waals surface area contributed by atoms with Crippen molar-refractivity contribution in [2.45, 2.75) is 19.3 Å². The summed E-state index contributed by atoms with van der Waals surface area (Å²) < 4.78 is 5.16. The third-order valence-corrected chi connectivity index (χ3v) is 4.57. The number of rotatable bonds is 5. The second-order valence-electron chi connectivity index (χ2n) is 5.22. The number of carbonyl (C=O) groups excluding carboxylic acids is 2. The van der Waals surface area contributed by atoms with Gasteiger partial charge in [0, 0.05) is 25.9 Å². The predicted molar refractivity (Wildman–Crippen MR) is 79.8 cm³/mol. The molecule has 1 fully saturated rings. The van der Waals surface area contributed by atoms with Gasteiger partial charge in [-0.25, -0.2) is 0 Å². The standard InChI is InChI=1S/C14H16N4O3S/c15-13(20)9-5-6-18(8-9)12(19)4-3-11-16-14(17-21-11)10-2-1-7-22-10/h1-2,7,9H,3-6,8H2,(H2,15,20)/t9-/m1/s1. The highest BCUT2D eigenvalue weighted by molar-refractivity contribution is 7.13. The number of nitrogens with two attached hydrogens (primary N) is 1. The zero-order valence-corrected chi connectivity index (χ0v) is 12.7. The minimum atomic E-state index is -0.340. The van der Waals surface area contributed by atoms with E-state index < -0.39 is 0 Å². The molecule has 2 N–H and O–H groups in total. The van der Waals surface area contributed by atoms with Gasteiger partial charge < -0.3 is 15.2 Å². The fourth-order valence-corrected chi connectivity index (χ4v) is 3.10. The molecule has 3 heterocycles. The fraction of sp³-hybridized carbons (Fsp3) is 0.429. The fourth-order valence-electron chi connectivity index (χ4n) is 2.45. The summed E-state index contributed by atoms with van der Waals surface area (Å²) in [7, 11) is 0. The predicted octanol–water partition coefficient (Wildman–Crippen LogP) is 1.06. The zero-order chi connectivity index (χ0) is 15.5. The van der Waals surface area contributed by atoms with Crippen LogP contribution in [0.4, 0.5) is 0 Å². The summed E-state index contributed by atoms with van der Waals surface area (Å²) in [5.74, 6) is 0.417. The highest BCUT2D eigenvalue weighted by atomic mass is 32.1.